The summed E-state index contributed by atoms with van der Waals surface area (Å²) in [7, 11) is 1.63. The zero-order valence-electron chi connectivity index (χ0n) is 12.3. The number of halogens is 1. The third kappa shape index (κ3) is 5.29. The summed E-state index contributed by atoms with van der Waals surface area (Å²) in [5.41, 5.74) is 1.10. The maximum Gasteiger partial charge on any atom is 0.179 e. The first-order valence-corrected chi connectivity index (χ1v) is 7.16. The van der Waals surface area contributed by atoms with Gasteiger partial charge in [-0.1, -0.05) is 32.4 Å². The van der Waals surface area contributed by atoms with Crippen molar-refractivity contribution in [3.05, 3.63) is 22.7 Å². The molecule has 4 heteroatoms. The van der Waals surface area contributed by atoms with E-state index in [0.717, 1.165) is 25.1 Å². The second-order valence-corrected chi connectivity index (χ2v) is 5.39. The Morgan fingerprint density at radius 1 is 1.32 bits per heavy atom. The summed E-state index contributed by atoms with van der Waals surface area (Å²) in [5, 5.41) is 3.99. The lowest BCUT2D eigenvalue weighted by molar-refractivity contribution is 0.294. The molecule has 1 aromatic rings. The van der Waals surface area contributed by atoms with Crippen LogP contribution in [0.1, 0.15) is 32.8 Å². The summed E-state index contributed by atoms with van der Waals surface area (Å²) in [6.07, 6.45) is 0.942. The number of hydrogen-bond acceptors (Lipinski definition) is 3. The Hall–Kier alpha value is -0.930. The minimum absolute atomic E-state index is 0.606. The van der Waals surface area contributed by atoms with Crippen LogP contribution in [0.5, 0.6) is 11.5 Å². The van der Waals surface area contributed by atoms with Crippen molar-refractivity contribution in [2.75, 3.05) is 20.3 Å². The number of nitrogens with one attached hydrogen (secondary N) is 1. The van der Waals surface area contributed by atoms with Gasteiger partial charge in [-0.3, -0.25) is 0 Å². The van der Waals surface area contributed by atoms with E-state index in [0.29, 0.717) is 29.0 Å². The van der Waals surface area contributed by atoms with Crippen LogP contribution < -0.4 is 14.8 Å². The van der Waals surface area contributed by atoms with Crippen molar-refractivity contribution in [1.29, 1.82) is 0 Å². The molecule has 0 fully saturated rings. The standard InChI is InChI=1S/C15H24ClNO2/c1-5-6-19-15-13(16)7-12(8-14(15)18-4)10-17-9-11(2)3/h7-8,11,17H,5-6,9-10H2,1-4H3. The van der Waals surface area contributed by atoms with Gasteiger partial charge in [0.2, 0.25) is 0 Å². The molecule has 0 bridgehead atoms. The molecular formula is C15H24ClNO2. The lowest BCUT2D eigenvalue weighted by Crippen LogP contribution is -2.19. The maximum atomic E-state index is 6.26. The fourth-order valence-corrected chi connectivity index (χ4v) is 2.01. The third-order valence-electron chi connectivity index (χ3n) is 2.62. The summed E-state index contributed by atoms with van der Waals surface area (Å²) in [4.78, 5) is 0. The highest BCUT2D eigenvalue weighted by atomic mass is 35.5. The van der Waals surface area contributed by atoms with Crippen molar-refractivity contribution in [2.45, 2.75) is 33.7 Å². The van der Waals surface area contributed by atoms with E-state index >= 15 is 0 Å². The zero-order valence-corrected chi connectivity index (χ0v) is 13.0. The molecule has 1 N–H and O–H groups in total. The molecule has 0 radical (unpaired) electrons. The summed E-state index contributed by atoms with van der Waals surface area (Å²) >= 11 is 6.26. The lowest BCUT2D eigenvalue weighted by atomic mass is 10.1. The molecule has 19 heavy (non-hydrogen) atoms. The Labute approximate surface area is 121 Å². The maximum absolute atomic E-state index is 6.26. The van der Waals surface area contributed by atoms with Gasteiger partial charge in [-0.25, -0.2) is 0 Å². The Morgan fingerprint density at radius 2 is 2.05 bits per heavy atom. The summed E-state index contributed by atoms with van der Waals surface area (Å²) in [5.74, 6) is 1.96. The SMILES string of the molecule is CCCOc1c(Cl)cc(CNCC(C)C)cc1OC. The summed E-state index contributed by atoms with van der Waals surface area (Å²) < 4.78 is 11.0. The van der Waals surface area contributed by atoms with Gasteiger partial charge in [0.15, 0.2) is 11.5 Å². The minimum atomic E-state index is 0.606. The molecule has 0 spiro atoms. The topological polar surface area (TPSA) is 30.5 Å². The van der Waals surface area contributed by atoms with Crippen molar-refractivity contribution in [3.8, 4) is 11.5 Å². The van der Waals surface area contributed by atoms with Gasteiger partial charge < -0.3 is 14.8 Å². The van der Waals surface area contributed by atoms with E-state index < -0.39 is 0 Å². The zero-order chi connectivity index (χ0) is 14.3. The molecule has 108 valence electrons. The van der Waals surface area contributed by atoms with Crippen LogP contribution in [-0.2, 0) is 6.54 Å². The normalized spacial score (nSPS) is 10.8. The van der Waals surface area contributed by atoms with Crippen LogP contribution in [0, 0.1) is 5.92 Å². The highest BCUT2D eigenvalue weighted by Crippen LogP contribution is 2.36. The van der Waals surface area contributed by atoms with Crippen LogP contribution in [-0.4, -0.2) is 20.3 Å². The monoisotopic (exact) mass is 285 g/mol. The average molecular weight is 286 g/mol. The largest absolute Gasteiger partial charge is 0.493 e. The van der Waals surface area contributed by atoms with Gasteiger partial charge in [-0.15, -0.1) is 0 Å². The molecule has 0 saturated heterocycles. The Morgan fingerprint density at radius 3 is 2.63 bits per heavy atom. The lowest BCUT2D eigenvalue weighted by Gasteiger charge is -2.14. The van der Waals surface area contributed by atoms with E-state index in [4.69, 9.17) is 21.1 Å². The van der Waals surface area contributed by atoms with Gasteiger partial charge in [0, 0.05) is 6.54 Å². The summed E-state index contributed by atoms with van der Waals surface area (Å²) in [6, 6.07) is 3.91. The van der Waals surface area contributed by atoms with E-state index in [2.05, 4.69) is 26.1 Å². The fraction of sp³-hybridized carbons (Fsp3) is 0.600. The van der Waals surface area contributed by atoms with Crippen LogP contribution in [0.4, 0.5) is 0 Å². The van der Waals surface area contributed by atoms with Crippen molar-refractivity contribution in [3.63, 3.8) is 0 Å². The smallest absolute Gasteiger partial charge is 0.179 e. The molecule has 0 aromatic heterocycles. The third-order valence-corrected chi connectivity index (χ3v) is 2.90. The first-order valence-electron chi connectivity index (χ1n) is 6.78. The Bertz CT molecular complexity index is 394. The Kier molecular flexibility index (Phi) is 7.03. The van der Waals surface area contributed by atoms with E-state index in [1.807, 2.05) is 12.1 Å². The van der Waals surface area contributed by atoms with E-state index in [1.54, 1.807) is 7.11 Å². The van der Waals surface area contributed by atoms with Crippen LogP contribution in [0.3, 0.4) is 0 Å². The first-order chi connectivity index (χ1) is 9.08. The minimum Gasteiger partial charge on any atom is -0.493 e. The van der Waals surface area contributed by atoms with E-state index in [1.165, 1.54) is 0 Å². The van der Waals surface area contributed by atoms with Crippen LogP contribution in [0.15, 0.2) is 12.1 Å². The second-order valence-electron chi connectivity index (χ2n) is 4.98. The molecule has 0 aliphatic heterocycles. The van der Waals surface area contributed by atoms with Gasteiger partial charge in [0.1, 0.15) is 0 Å². The van der Waals surface area contributed by atoms with Crippen molar-refractivity contribution in [2.24, 2.45) is 5.92 Å². The summed E-state index contributed by atoms with van der Waals surface area (Å²) in [6.45, 7) is 8.83. The number of ether oxygens (including phenoxy) is 2. The predicted octanol–water partition coefficient (Wildman–Crippen LogP) is 3.88. The van der Waals surface area contributed by atoms with Crippen molar-refractivity contribution in [1.82, 2.24) is 5.32 Å². The number of benzene rings is 1. The molecule has 0 amide bonds. The van der Waals surface area contributed by atoms with Crippen molar-refractivity contribution >= 4 is 11.6 Å². The molecule has 0 atom stereocenters. The van der Waals surface area contributed by atoms with Gasteiger partial charge in [0.05, 0.1) is 18.7 Å². The quantitative estimate of drug-likeness (QED) is 0.786. The molecule has 0 saturated carbocycles. The number of methoxy groups -OCH3 is 1. The molecule has 0 heterocycles. The van der Waals surface area contributed by atoms with Gasteiger partial charge in [0.25, 0.3) is 0 Å². The molecular weight excluding hydrogens is 262 g/mol. The van der Waals surface area contributed by atoms with Gasteiger partial charge in [-0.05, 0) is 36.6 Å². The van der Waals surface area contributed by atoms with Gasteiger partial charge in [-0.2, -0.15) is 0 Å². The molecule has 0 aliphatic carbocycles. The number of hydrogen-bond donors (Lipinski definition) is 1. The molecule has 1 aromatic carbocycles. The first kappa shape index (κ1) is 16.1. The molecule has 0 unspecified atom stereocenters. The predicted molar refractivity (Wildman–Crippen MR) is 80.3 cm³/mol. The highest BCUT2D eigenvalue weighted by Gasteiger charge is 2.11. The highest BCUT2D eigenvalue weighted by molar-refractivity contribution is 6.32. The van der Waals surface area contributed by atoms with E-state index in [-0.39, 0.29) is 0 Å². The molecule has 3 nitrogen and oxygen atoms in total. The second kappa shape index (κ2) is 8.28. The average Bonchev–Trinajstić information content (AvgIpc) is 2.36. The molecule has 0 aliphatic rings. The van der Waals surface area contributed by atoms with Gasteiger partial charge >= 0.3 is 0 Å². The number of rotatable bonds is 8. The van der Waals surface area contributed by atoms with Crippen LogP contribution >= 0.6 is 11.6 Å². The molecule has 1 rings (SSSR count). The van der Waals surface area contributed by atoms with Crippen LogP contribution in [0.2, 0.25) is 5.02 Å². The van der Waals surface area contributed by atoms with Crippen LogP contribution in [0.25, 0.3) is 0 Å². The van der Waals surface area contributed by atoms with E-state index in [9.17, 15) is 0 Å². The fourth-order valence-electron chi connectivity index (χ4n) is 1.72. The van der Waals surface area contributed by atoms with Crippen molar-refractivity contribution < 1.29 is 9.47 Å². The Balaban J connectivity index is 2.77.